The van der Waals surface area contributed by atoms with Crippen LogP contribution in [0, 0.1) is 23.3 Å². The van der Waals surface area contributed by atoms with E-state index in [-0.39, 0.29) is 0 Å². The molecule has 0 atom stereocenters. The van der Waals surface area contributed by atoms with Crippen molar-refractivity contribution in [1.29, 1.82) is 0 Å². The highest BCUT2D eigenvalue weighted by Gasteiger charge is 2.25. The summed E-state index contributed by atoms with van der Waals surface area (Å²) in [6, 6.07) is 0. The van der Waals surface area contributed by atoms with Gasteiger partial charge in [0.2, 0.25) is 0 Å². The minimum absolute atomic E-state index is 0.594. The molecule has 0 N–H and O–H groups in total. The Morgan fingerprint density at radius 2 is 1.06 bits per heavy atom. The maximum atomic E-state index is 13.3. The highest BCUT2D eigenvalue weighted by molar-refractivity contribution is 5.77. The van der Waals surface area contributed by atoms with Crippen molar-refractivity contribution in [1.82, 2.24) is 9.13 Å². The zero-order valence-corrected chi connectivity index (χ0v) is 8.31. The highest BCUT2D eigenvalue weighted by atomic mass is 19.2. The van der Waals surface area contributed by atoms with Crippen molar-refractivity contribution < 1.29 is 17.6 Å². The van der Waals surface area contributed by atoms with Gasteiger partial charge < -0.3 is 0 Å². The van der Waals surface area contributed by atoms with Gasteiger partial charge in [0.05, 0.1) is 0 Å². The number of imidazole rings is 1. The molecule has 0 bridgehead atoms. The summed E-state index contributed by atoms with van der Waals surface area (Å²) in [4.78, 5) is 11.4. The van der Waals surface area contributed by atoms with E-state index in [1.54, 1.807) is 0 Å². The molecule has 0 radical (unpaired) electrons. The van der Waals surface area contributed by atoms with Crippen LogP contribution < -0.4 is 5.69 Å². The summed E-state index contributed by atoms with van der Waals surface area (Å²) in [5, 5.41) is 0. The second-order valence-electron chi connectivity index (χ2n) is 3.35. The lowest BCUT2D eigenvalue weighted by molar-refractivity contribution is 0.415. The molecule has 0 spiro atoms. The number of nitrogens with zero attached hydrogens (tertiary/aromatic N) is 2. The molecule has 1 heterocycles. The van der Waals surface area contributed by atoms with Crippen LogP contribution >= 0.6 is 0 Å². The molecular weight excluding hydrogens is 228 g/mol. The van der Waals surface area contributed by atoms with E-state index in [0.717, 1.165) is 23.2 Å². The normalized spacial score (nSPS) is 11.4. The zero-order valence-electron chi connectivity index (χ0n) is 8.31. The summed E-state index contributed by atoms with van der Waals surface area (Å²) in [7, 11) is 2.29. The van der Waals surface area contributed by atoms with Gasteiger partial charge in [0.1, 0.15) is 11.0 Å². The largest absolute Gasteiger partial charge is 0.328 e. The van der Waals surface area contributed by atoms with Gasteiger partial charge in [-0.3, -0.25) is 9.13 Å². The number of fused-ring (bicyclic) bond motifs is 1. The van der Waals surface area contributed by atoms with Gasteiger partial charge in [-0.25, -0.2) is 22.4 Å². The molecule has 0 fully saturated rings. The van der Waals surface area contributed by atoms with E-state index in [0.29, 0.717) is 0 Å². The van der Waals surface area contributed by atoms with Crippen LogP contribution in [0.5, 0.6) is 0 Å². The van der Waals surface area contributed by atoms with E-state index in [4.69, 9.17) is 0 Å². The molecule has 0 aliphatic heterocycles. The molecule has 0 saturated heterocycles. The van der Waals surface area contributed by atoms with Gasteiger partial charge in [-0.2, -0.15) is 0 Å². The predicted molar refractivity (Wildman–Crippen MR) is 48.0 cm³/mol. The lowest BCUT2D eigenvalue weighted by atomic mass is 10.2. The monoisotopic (exact) mass is 234 g/mol. The quantitative estimate of drug-likeness (QED) is 0.385. The first-order valence-electron chi connectivity index (χ1n) is 4.25. The standard InChI is InChI=1S/C9H6F4N2O/c1-14-7-5(12)3(10)4(11)6(13)8(7)15(2)9(14)16/h1-2H3. The predicted octanol–water partition coefficient (Wildman–Crippen LogP) is 1.43. The van der Waals surface area contributed by atoms with Crippen molar-refractivity contribution >= 4 is 11.0 Å². The fourth-order valence-electron chi connectivity index (χ4n) is 1.64. The first kappa shape index (κ1) is 10.7. The fraction of sp³-hybridized carbons (Fsp3) is 0.222. The third kappa shape index (κ3) is 1.05. The third-order valence-electron chi connectivity index (χ3n) is 2.46. The molecule has 2 aromatic rings. The lowest BCUT2D eigenvalue weighted by Gasteiger charge is -2.01. The van der Waals surface area contributed by atoms with Crippen LogP contribution in [0.25, 0.3) is 11.0 Å². The Morgan fingerprint density at radius 3 is 1.38 bits per heavy atom. The number of benzene rings is 1. The topological polar surface area (TPSA) is 26.9 Å². The maximum Gasteiger partial charge on any atom is 0.328 e. The Kier molecular flexibility index (Phi) is 2.08. The third-order valence-corrected chi connectivity index (χ3v) is 2.46. The molecule has 0 amide bonds. The van der Waals surface area contributed by atoms with Crippen LogP contribution in [0.3, 0.4) is 0 Å². The van der Waals surface area contributed by atoms with Crippen LogP contribution in [-0.2, 0) is 14.1 Å². The van der Waals surface area contributed by atoms with Crippen molar-refractivity contribution in [2.45, 2.75) is 0 Å². The van der Waals surface area contributed by atoms with E-state index >= 15 is 0 Å². The van der Waals surface area contributed by atoms with E-state index in [1.807, 2.05) is 0 Å². The average molecular weight is 234 g/mol. The zero-order chi connectivity index (χ0) is 12.2. The molecule has 0 saturated carbocycles. The fourth-order valence-corrected chi connectivity index (χ4v) is 1.64. The summed E-state index contributed by atoms with van der Waals surface area (Å²) >= 11 is 0. The Labute approximate surface area is 86.5 Å². The van der Waals surface area contributed by atoms with Gasteiger partial charge in [-0.05, 0) is 0 Å². The first-order valence-corrected chi connectivity index (χ1v) is 4.25. The molecule has 2 rings (SSSR count). The molecule has 0 aliphatic carbocycles. The van der Waals surface area contributed by atoms with Crippen LogP contribution in [0.4, 0.5) is 17.6 Å². The Hall–Kier alpha value is -1.79. The van der Waals surface area contributed by atoms with Crippen LogP contribution in [-0.4, -0.2) is 9.13 Å². The van der Waals surface area contributed by atoms with Crippen molar-refractivity contribution in [3.63, 3.8) is 0 Å². The van der Waals surface area contributed by atoms with Crippen molar-refractivity contribution in [3.05, 3.63) is 33.8 Å². The molecule has 0 aliphatic rings. The van der Waals surface area contributed by atoms with Crippen LogP contribution in [0.2, 0.25) is 0 Å². The average Bonchev–Trinajstić information content (AvgIpc) is 2.48. The van der Waals surface area contributed by atoms with E-state index in [9.17, 15) is 22.4 Å². The highest BCUT2D eigenvalue weighted by Crippen LogP contribution is 2.25. The number of hydrogen-bond acceptors (Lipinski definition) is 1. The number of aryl methyl sites for hydroxylation is 2. The SMILES string of the molecule is Cn1c(=O)n(C)c2c(F)c(F)c(F)c(F)c21. The number of halogens is 4. The molecule has 16 heavy (non-hydrogen) atoms. The second-order valence-corrected chi connectivity index (χ2v) is 3.35. The van der Waals surface area contributed by atoms with Crippen LogP contribution in [0.1, 0.15) is 0 Å². The van der Waals surface area contributed by atoms with Gasteiger partial charge in [0.15, 0.2) is 23.3 Å². The second kappa shape index (κ2) is 3.10. The Morgan fingerprint density at radius 1 is 0.750 bits per heavy atom. The molecule has 7 heteroatoms. The summed E-state index contributed by atoms with van der Waals surface area (Å²) in [5.41, 5.74) is -1.95. The van der Waals surface area contributed by atoms with Crippen molar-refractivity contribution in [2.24, 2.45) is 14.1 Å². The van der Waals surface area contributed by atoms with Gasteiger partial charge in [0, 0.05) is 14.1 Å². The number of hydrogen-bond donors (Lipinski definition) is 0. The molecule has 1 aromatic heterocycles. The van der Waals surface area contributed by atoms with Gasteiger partial charge >= 0.3 is 5.69 Å². The minimum Gasteiger partial charge on any atom is -0.292 e. The van der Waals surface area contributed by atoms with Crippen molar-refractivity contribution in [3.8, 4) is 0 Å². The van der Waals surface area contributed by atoms with Gasteiger partial charge in [-0.15, -0.1) is 0 Å². The van der Waals surface area contributed by atoms with E-state index in [1.165, 1.54) is 0 Å². The summed E-state index contributed by atoms with van der Waals surface area (Å²) in [5.74, 6) is -7.00. The Bertz CT molecular complexity index is 602. The summed E-state index contributed by atoms with van der Waals surface area (Å²) in [6.07, 6.45) is 0. The van der Waals surface area contributed by atoms with Gasteiger partial charge in [0.25, 0.3) is 0 Å². The number of aromatic nitrogens is 2. The molecule has 1 aromatic carbocycles. The molecular formula is C9H6F4N2O. The van der Waals surface area contributed by atoms with E-state index in [2.05, 4.69) is 0 Å². The Balaban J connectivity index is 3.22. The number of rotatable bonds is 0. The first-order chi connectivity index (χ1) is 7.37. The minimum atomic E-state index is -1.92. The van der Waals surface area contributed by atoms with Crippen molar-refractivity contribution in [2.75, 3.05) is 0 Å². The molecule has 0 unspecified atom stereocenters. The van der Waals surface area contributed by atoms with E-state index < -0.39 is 40.0 Å². The summed E-state index contributed by atoms with van der Waals surface area (Å²) in [6.45, 7) is 0. The molecule has 86 valence electrons. The maximum absolute atomic E-state index is 13.3. The summed E-state index contributed by atoms with van der Waals surface area (Å²) < 4.78 is 54.0. The van der Waals surface area contributed by atoms with Crippen LogP contribution in [0.15, 0.2) is 4.79 Å². The molecule has 3 nitrogen and oxygen atoms in total. The van der Waals surface area contributed by atoms with Gasteiger partial charge in [-0.1, -0.05) is 0 Å². The lowest BCUT2D eigenvalue weighted by Crippen LogP contribution is -2.19. The smallest absolute Gasteiger partial charge is 0.292 e.